The van der Waals surface area contributed by atoms with E-state index in [9.17, 15) is 19.7 Å². The Bertz CT molecular complexity index is 1650. The fourth-order valence-electron chi connectivity index (χ4n) is 3.72. The second kappa shape index (κ2) is 11.2. The molecule has 0 atom stereocenters. The molecule has 0 aliphatic rings. The lowest BCUT2D eigenvalue weighted by Crippen LogP contribution is -2.13. The summed E-state index contributed by atoms with van der Waals surface area (Å²) in [4.78, 5) is 40.7. The minimum atomic E-state index is -0.544. The lowest BCUT2D eigenvalue weighted by molar-refractivity contribution is -0.384. The second-order valence-corrected chi connectivity index (χ2v) is 10.1. The number of nitrogens with one attached hydrogen (secondary N) is 2. The van der Waals surface area contributed by atoms with Crippen molar-refractivity contribution in [3.05, 3.63) is 112 Å². The Morgan fingerprint density at radius 2 is 1.68 bits per heavy atom. The van der Waals surface area contributed by atoms with Gasteiger partial charge in [0.1, 0.15) is 0 Å². The van der Waals surface area contributed by atoms with Crippen molar-refractivity contribution >= 4 is 62.2 Å². The van der Waals surface area contributed by atoms with Crippen LogP contribution in [0.1, 0.15) is 10.4 Å². The molecule has 0 saturated heterocycles. The lowest BCUT2D eigenvalue weighted by atomic mass is 10.1. The number of fused-ring (bicyclic) bond motifs is 1. The Labute approximate surface area is 225 Å². The fraction of sp³-hybridized carbons (Fsp3) is 0.0357. The van der Waals surface area contributed by atoms with E-state index < -0.39 is 10.8 Å². The standard InChI is InChI=1S/C28H20N4O4S2/c33-26(31-28-30-25(16-38-28)20-9-8-18-4-1-2-5-19(18)14-20)17-37-24-12-10-22(11-13-24)29-27(34)21-6-3-7-23(15-21)32(35)36/h1-16H,17H2,(H,29,34)(H,30,31,33). The number of nitro groups is 1. The molecule has 1 heterocycles. The summed E-state index contributed by atoms with van der Waals surface area (Å²) in [6.07, 6.45) is 0. The van der Waals surface area contributed by atoms with Crippen molar-refractivity contribution in [3.63, 3.8) is 0 Å². The number of carbonyl (C=O) groups is 2. The molecule has 188 valence electrons. The number of hydrogen-bond acceptors (Lipinski definition) is 7. The predicted molar refractivity (Wildman–Crippen MR) is 152 cm³/mol. The highest BCUT2D eigenvalue weighted by molar-refractivity contribution is 8.00. The smallest absolute Gasteiger partial charge is 0.270 e. The Morgan fingerprint density at radius 3 is 2.47 bits per heavy atom. The minimum absolute atomic E-state index is 0.148. The SMILES string of the molecule is O=C(CSc1ccc(NC(=O)c2cccc([N+](=O)[O-])c2)cc1)Nc1nc(-c2ccc3ccccc3c2)cs1. The molecule has 5 aromatic rings. The molecule has 2 N–H and O–H groups in total. The molecule has 0 unspecified atom stereocenters. The molecule has 8 nitrogen and oxygen atoms in total. The highest BCUT2D eigenvalue weighted by Crippen LogP contribution is 2.28. The number of nitrogens with zero attached hydrogens (tertiary/aromatic N) is 2. The first-order chi connectivity index (χ1) is 18.4. The van der Waals surface area contributed by atoms with Gasteiger partial charge in [-0.05, 0) is 47.2 Å². The van der Waals surface area contributed by atoms with Crippen molar-refractivity contribution < 1.29 is 14.5 Å². The van der Waals surface area contributed by atoms with Gasteiger partial charge in [-0.1, -0.05) is 42.5 Å². The quantitative estimate of drug-likeness (QED) is 0.126. The second-order valence-electron chi connectivity index (χ2n) is 8.22. The van der Waals surface area contributed by atoms with E-state index in [-0.39, 0.29) is 22.9 Å². The maximum Gasteiger partial charge on any atom is 0.270 e. The molecule has 0 fully saturated rings. The van der Waals surface area contributed by atoms with Gasteiger partial charge in [-0.3, -0.25) is 19.7 Å². The molecule has 0 bridgehead atoms. The van der Waals surface area contributed by atoms with E-state index in [1.54, 1.807) is 24.3 Å². The average Bonchev–Trinajstić information content (AvgIpc) is 3.41. The van der Waals surface area contributed by atoms with Crippen LogP contribution in [0.2, 0.25) is 0 Å². The minimum Gasteiger partial charge on any atom is -0.322 e. The molecule has 0 saturated carbocycles. The number of amides is 2. The number of benzene rings is 4. The van der Waals surface area contributed by atoms with Gasteiger partial charge in [0.05, 0.1) is 16.4 Å². The summed E-state index contributed by atoms with van der Waals surface area (Å²) >= 11 is 2.74. The number of anilines is 2. The monoisotopic (exact) mass is 540 g/mol. The number of rotatable bonds is 8. The first-order valence-corrected chi connectivity index (χ1v) is 13.3. The van der Waals surface area contributed by atoms with E-state index in [2.05, 4.69) is 39.9 Å². The van der Waals surface area contributed by atoms with Crippen LogP contribution in [0, 0.1) is 10.1 Å². The Hall–Kier alpha value is -4.54. The number of hydrogen-bond donors (Lipinski definition) is 2. The van der Waals surface area contributed by atoms with E-state index in [4.69, 9.17) is 0 Å². The topological polar surface area (TPSA) is 114 Å². The zero-order valence-corrected chi connectivity index (χ0v) is 21.4. The normalized spacial score (nSPS) is 10.7. The molecule has 0 radical (unpaired) electrons. The Kier molecular flexibility index (Phi) is 7.43. The third kappa shape index (κ3) is 6.05. The van der Waals surface area contributed by atoms with E-state index in [1.165, 1.54) is 47.4 Å². The van der Waals surface area contributed by atoms with Crippen molar-refractivity contribution in [3.8, 4) is 11.3 Å². The van der Waals surface area contributed by atoms with Crippen LogP contribution in [0.25, 0.3) is 22.0 Å². The maximum atomic E-state index is 12.5. The van der Waals surface area contributed by atoms with Crippen molar-refractivity contribution in [1.29, 1.82) is 0 Å². The van der Waals surface area contributed by atoms with E-state index in [1.807, 2.05) is 23.6 Å². The van der Waals surface area contributed by atoms with Crippen LogP contribution >= 0.6 is 23.1 Å². The molecule has 0 spiro atoms. The van der Waals surface area contributed by atoms with Gasteiger partial charge in [-0.25, -0.2) is 4.98 Å². The zero-order chi connectivity index (χ0) is 26.5. The molecule has 0 aliphatic heterocycles. The van der Waals surface area contributed by atoms with Gasteiger partial charge < -0.3 is 10.6 Å². The van der Waals surface area contributed by atoms with E-state index in [0.717, 1.165) is 26.9 Å². The van der Waals surface area contributed by atoms with Crippen LogP contribution in [0.3, 0.4) is 0 Å². The molecule has 38 heavy (non-hydrogen) atoms. The third-order valence-electron chi connectivity index (χ3n) is 5.60. The summed E-state index contributed by atoms with van der Waals surface area (Å²) in [7, 11) is 0. The van der Waals surface area contributed by atoms with Gasteiger partial charge in [-0.15, -0.1) is 23.1 Å². The van der Waals surface area contributed by atoms with Gasteiger partial charge >= 0.3 is 0 Å². The fourth-order valence-corrected chi connectivity index (χ4v) is 5.15. The molecular formula is C28H20N4O4S2. The summed E-state index contributed by atoms with van der Waals surface area (Å²) in [6, 6.07) is 26.8. The van der Waals surface area contributed by atoms with Crippen molar-refractivity contribution in [2.45, 2.75) is 4.90 Å². The highest BCUT2D eigenvalue weighted by Gasteiger charge is 2.12. The van der Waals surface area contributed by atoms with Gasteiger partial charge in [0.2, 0.25) is 5.91 Å². The largest absolute Gasteiger partial charge is 0.322 e. The third-order valence-corrected chi connectivity index (χ3v) is 7.37. The summed E-state index contributed by atoms with van der Waals surface area (Å²) in [6.45, 7) is 0. The van der Waals surface area contributed by atoms with Crippen molar-refractivity contribution in [1.82, 2.24) is 4.98 Å². The molecule has 10 heteroatoms. The molecule has 4 aromatic carbocycles. The number of nitro benzene ring substituents is 1. The van der Waals surface area contributed by atoms with Crippen LogP contribution in [0.4, 0.5) is 16.5 Å². The van der Waals surface area contributed by atoms with Crippen LogP contribution in [0.15, 0.2) is 101 Å². The van der Waals surface area contributed by atoms with Gasteiger partial charge in [-0.2, -0.15) is 0 Å². The zero-order valence-electron chi connectivity index (χ0n) is 19.8. The van der Waals surface area contributed by atoms with Crippen LogP contribution in [0.5, 0.6) is 0 Å². The van der Waals surface area contributed by atoms with Gasteiger partial charge in [0, 0.05) is 39.2 Å². The first-order valence-electron chi connectivity index (χ1n) is 11.5. The average molecular weight is 541 g/mol. The van der Waals surface area contributed by atoms with Crippen LogP contribution in [-0.4, -0.2) is 27.5 Å². The lowest BCUT2D eigenvalue weighted by Gasteiger charge is -2.07. The predicted octanol–water partition coefficient (Wildman–Crippen LogP) is 6.85. The molecule has 0 aliphatic carbocycles. The van der Waals surface area contributed by atoms with Gasteiger partial charge in [0.25, 0.3) is 11.6 Å². The number of aromatic nitrogens is 1. The van der Waals surface area contributed by atoms with Crippen molar-refractivity contribution in [2.24, 2.45) is 0 Å². The Morgan fingerprint density at radius 1 is 0.895 bits per heavy atom. The van der Waals surface area contributed by atoms with Crippen molar-refractivity contribution in [2.75, 3.05) is 16.4 Å². The summed E-state index contributed by atoms with van der Waals surface area (Å²) in [5, 5.41) is 21.3. The molecule has 5 rings (SSSR count). The maximum absolute atomic E-state index is 12.5. The first kappa shape index (κ1) is 25.1. The van der Waals surface area contributed by atoms with Crippen LogP contribution in [-0.2, 0) is 4.79 Å². The number of carbonyl (C=O) groups excluding carboxylic acids is 2. The summed E-state index contributed by atoms with van der Waals surface area (Å²) in [5.41, 5.74) is 2.39. The highest BCUT2D eigenvalue weighted by atomic mass is 32.2. The number of non-ortho nitro benzene ring substituents is 1. The van der Waals surface area contributed by atoms with Gasteiger partial charge in [0.15, 0.2) is 5.13 Å². The Balaban J connectivity index is 1.13. The summed E-state index contributed by atoms with van der Waals surface area (Å²) < 4.78 is 0. The van der Waals surface area contributed by atoms with E-state index in [0.29, 0.717) is 10.8 Å². The number of thioether (sulfide) groups is 1. The van der Waals surface area contributed by atoms with E-state index >= 15 is 0 Å². The summed E-state index contributed by atoms with van der Waals surface area (Å²) in [5.74, 6) is -0.415. The van der Waals surface area contributed by atoms with Crippen LogP contribution < -0.4 is 10.6 Å². The molecular weight excluding hydrogens is 520 g/mol. The molecule has 2 amide bonds. The number of thiazole rings is 1. The molecule has 1 aromatic heterocycles.